The second kappa shape index (κ2) is 7.95. The van der Waals surface area contributed by atoms with E-state index in [1.54, 1.807) is 17.0 Å². The normalized spacial score (nSPS) is 22.6. The zero-order valence-electron chi connectivity index (χ0n) is 14.7. The van der Waals surface area contributed by atoms with Crippen molar-refractivity contribution in [3.05, 3.63) is 30.1 Å². The SMILES string of the molecule is COC(=O)N(c1ccc(F)cc1)C1CCN(C2CCC(=N)CC2)CC1. The predicted octanol–water partition coefficient (Wildman–Crippen LogP) is 3.83. The molecule has 1 N–H and O–H groups in total. The van der Waals surface area contributed by atoms with Gasteiger partial charge in [0.1, 0.15) is 5.82 Å². The van der Waals surface area contributed by atoms with Crippen LogP contribution in [-0.4, -0.2) is 49.0 Å². The summed E-state index contributed by atoms with van der Waals surface area (Å²) in [6.07, 6.45) is 5.32. The van der Waals surface area contributed by atoms with Gasteiger partial charge in [-0.15, -0.1) is 0 Å². The largest absolute Gasteiger partial charge is 0.452 e. The lowest BCUT2D eigenvalue weighted by Gasteiger charge is -2.42. The van der Waals surface area contributed by atoms with Gasteiger partial charge in [0.25, 0.3) is 0 Å². The van der Waals surface area contributed by atoms with Gasteiger partial charge in [-0.3, -0.25) is 4.90 Å². The zero-order chi connectivity index (χ0) is 17.8. The van der Waals surface area contributed by atoms with Crippen LogP contribution in [0.1, 0.15) is 38.5 Å². The molecule has 5 nitrogen and oxygen atoms in total. The summed E-state index contributed by atoms with van der Waals surface area (Å²) in [6, 6.07) is 6.63. The molecule has 3 rings (SSSR count). The summed E-state index contributed by atoms with van der Waals surface area (Å²) in [4.78, 5) is 16.5. The zero-order valence-corrected chi connectivity index (χ0v) is 14.7. The molecule has 0 radical (unpaired) electrons. The number of anilines is 1. The number of halogens is 1. The molecule has 0 bridgehead atoms. The maximum Gasteiger partial charge on any atom is 0.414 e. The van der Waals surface area contributed by atoms with Gasteiger partial charge in [-0.25, -0.2) is 9.18 Å². The van der Waals surface area contributed by atoms with Crippen LogP contribution in [0.15, 0.2) is 24.3 Å². The Morgan fingerprint density at radius 3 is 2.32 bits per heavy atom. The molecule has 1 aromatic rings. The maximum absolute atomic E-state index is 13.2. The Morgan fingerprint density at radius 1 is 1.16 bits per heavy atom. The molecule has 1 aromatic carbocycles. The Hall–Kier alpha value is -1.95. The van der Waals surface area contributed by atoms with Crippen molar-refractivity contribution in [1.29, 1.82) is 5.41 Å². The molecule has 1 saturated carbocycles. The summed E-state index contributed by atoms with van der Waals surface area (Å²) < 4.78 is 18.2. The third-order valence-corrected chi connectivity index (χ3v) is 5.42. The third kappa shape index (κ3) is 4.18. The van der Waals surface area contributed by atoms with Gasteiger partial charge in [-0.1, -0.05) is 0 Å². The first-order valence-electron chi connectivity index (χ1n) is 9.01. The Bertz CT molecular complexity index is 602. The summed E-state index contributed by atoms with van der Waals surface area (Å²) in [6.45, 7) is 1.88. The number of nitrogens with one attached hydrogen (secondary N) is 1. The first-order chi connectivity index (χ1) is 12.1. The quantitative estimate of drug-likeness (QED) is 0.904. The van der Waals surface area contributed by atoms with E-state index < -0.39 is 6.09 Å². The van der Waals surface area contributed by atoms with Crippen LogP contribution in [0.25, 0.3) is 0 Å². The monoisotopic (exact) mass is 347 g/mol. The van der Waals surface area contributed by atoms with Crippen LogP contribution in [0, 0.1) is 11.2 Å². The number of nitrogens with zero attached hydrogens (tertiary/aromatic N) is 2. The van der Waals surface area contributed by atoms with Gasteiger partial charge >= 0.3 is 6.09 Å². The van der Waals surface area contributed by atoms with E-state index in [1.165, 1.54) is 19.2 Å². The number of methoxy groups -OCH3 is 1. The van der Waals surface area contributed by atoms with E-state index >= 15 is 0 Å². The van der Waals surface area contributed by atoms with E-state index in [2.05, 4.69) is 4.90 Å². The Morgan fingerprint density at radius 2 is 1.76 bits per heavy atom. The molecule has 1 aliphatic heterocycles. The average molecular weight is 347 g/mol. The summed E-state index contributed by atoms with van der Waals surface area (Å²) in [5.74, 6) is -0.314. The third-order valence-electron chi connectivity index (χ3n) is 5.42. The summed E-state index contributed by atoms with van der Waals surface area (Å²) in [7, 11) is 1.38. The summed E-state index contributed by atoms with van der Waals surface area (Å²) >= 11 is 0. The fraction of sp³-hybridized carbons (Fsp3) is 0.579. The molecule has 1 aliphatic carbocycles. The first-order valence-corrected chi connectivity index (χ1v) is 9.01. The van der Waals surface area contributed by atoms with E-state index in [0.29, 0.717) is 11.7 Å². The lowest BCUT2D eigenvalue weighted by molar-refractivity contribution is 0.129. The van der Waals surface area contributed by atoms with E-state index in [1.807, 2.05) is 0 Å². The van der Waals surface area contributed by atoms with Crippen LogP contribution < -0.4 is 4.90 Å². The number of hydrogen-bond donors (Lipinski definition) is 1. The van der Waals surface area contributed by atoms with Crippen LogP contribution in [0.3, 0.4) is 0 Å². The minimum Gasteiger partial charge on any atom is -0.452 e. The average Bonchev–Trinajstić information content (AvgIpc) is 2.64. The molecule has 1 saturated heterocycles. The first kappa shape index (κ1) is 17.9. The Labute approximate surface area is 148 Å². The highest BCUT2D eigenvalue weighted by atomic mass is 19.1. The number of amides is 1. The van der Waals surface area contributed by atoms with Gasteiger partial charge in [0.15, 0.2) is 0 Å². The summed E-state index contributed by atoms with van der Waals surface area (Å²) in [5, 5.41) is 7.76. The molecule has 136 valence electrons. The molecule has 0 atom stereocenters. The lowest BCUT2D eigenvalue weighted by Crippen LogP contribution is -2.50. The van der Waals surface area contributed by atoms with Crippen molar-refractivity contribution in [2.45, 2.75) is 50.6 Å². The number of rotatable bonds is 3. The van der Waals surface area contributed by atoms with Gasteiger partial charge in [-0.2, -0.15) is 0 Å². The molecule has 0 spiro atoms. The van der Waals surface area contributed by atoms with Crippen molar-refractivity contribution in [1.82, 2.24) is 4.90 Å². The molecular formula is C19H26FN3O2. The number of hydrogen-bond acceptors (Lipinski definition) is 4. The number of ether oxygens (including phenoxy) is 1. The van der Waals surface area contributed by atoms with Gasteiger partial charge in [0, 0.05) is 36.6 Å². The van der Waals surface area contributed by atoms with Crippen molar-refractivity contribution in [2.24, 2.45) is 0 Å². The Balaban J connectivity index is 1.65. The maximum atomic E-state index is 13.2. The van der Waals surface area contributed by atoms with Crippen molar-refractivity contribution < 1.29 is 13.9 Å². The number of carbonyl (C=O) groups is 1. The van der Waals surface area contributed by atoms with Crippen LogP contribution in [0.4, 0.5) is 14.9 Å². The van der Waals surface area contributed by atoms with Crippen LogP contribution in [-0.2, 0) is 4.74 Å². The predicted molar refractivity (Wildman–Crippen MR) is 95.9 cm³/mol. The van der Waals surface area contributed by atoms with Crippen LogP contribution >= 0.6 is 0 Å². The fourth-order valence-electron chi connectivity index (χ4n) is 3.99. The molecular weight excluding hydrogens is 321 g/mol. The standard InChI is InChI=1S/C19H26FN3O2/c1-25-19(24)23(17-6-2-14(20)3-7-17)18-10-12-22(13-11-18)16-8-4-15(21)5-9-16/h2-3,6-7,16,18,21H,4-5,8-13H2,1H3. The highest BCUT2D eigenvalue weighted by molar-refractivity contribution is 5.88. The molecule has 6 heteroatoms. The van der Waals surface area contributed by atoms with Crippen molar-refractivity contribution >= 4 is 17.5 Å². The second-order valence-corrected chi connectivity index (χ2v) is 6.92. The topological polar surface area (TPSA) is 56.6 Å². The highest BCUT2D eigenvalue weighted by Crippen LogP contribution is 2.28. The van der Waals surface area contributed by atoms with E-state index in [4.69, 9.17) is 10.1 Å². The van der Waals surface area contributed by atoms with Gasteiger partial charge in [0.2, 0.25) is 0 Å². The molecule has 0 aromatic heterocycles. The summed E-state index contributed by atoms with van der Waals surface area (Å²) in [5.41, 5.74) is 1.55. The number of likely N-dealkylation sites (tertiary alicyclic amines) is 1. The fourth-order valence-corrected chi connectivity index (χ4v) is 3.99. The molecule has 2 aliphatic rings. The number of piperidine rings is 1. The van der Waals surface area contributed by atoms with Crippen molar-refractivity contribution in [3.8, 4) is 0 Å². The van der Waals surface area contributed by atoms with Gasteiger partial charge in [0.05, 0.1) is 7.11 Å². The number of carbonyl (C=O) groups excluding carboxylic acids is 1. The van der Waals surface area contributed by atoms with E-state index in [9.17, 15) is 9.18 Å². The van der Waals surface area contributed by atoms with Gasteiger partial charge < -0.3 is 15.0 Å². The van der Waals surface area contributed by atoms with Crippen LogP contribution in [0.2, 0.25) is 0 Å². The lowest BCUT2D eigenvalue weighted by atomic mass is 9.90. The Kier molecular flexibility index (Phi) is 5.68. The molecule has 1 heterocycles. The number of benzene rings is 1. The molecule has 25 heavy (non-hydrogen) atoms. The van der Waals surface area contributed by atoms with Crippen LogP contribution in [0.5, 0.6) is 0 Å². The minimum atomic E-state index is -0.392. The van der Waals surface area contributed by atoms with Crippen molar-refractivity contribution in [3.63, 3.8) is 0 Å². The van der Waals surface area contributed by atoms with Crippen molar-refractivity contribution in [2.75, 3.05) is 25.1 Å². The highest BCUT2D eigenvalue weighted by Gasteiger charge is 2.32. The molecule has 1 amide bonds. The van der Waals surface area contributed by atoms with E-state index in [-0.39, 0.29) is 11.9 Å². The second-order valence-electron chi connectivity index (χ2n) is 6.92. The van der Waals surface area contributed by atoms with E-state index in [0.717, 1.165) is 57.3 Å². The smallest absolute Gasteiger partial charge is 0.414 e. The molecule has 0 unspecified atom stereocenters. The minimum absolute atomic E-state index is 0.0658. The molecule has 2 fully saturated rings. The van der Waals surface area contributed by atoms with Gasteiger partial charge in [-0.05, 0) is 62.8 Å².